The third kappa shape index (κ3) is 4.99. The molecule has 0 bridgehead atoms. The number of benzene rings is 1. The Morgan fingerprint density at radius 2 is 1.71 bits per heavy atom. The molecule has 0 fully saturated rings. The van der Waals surface area contributed by atoms with Crippen LogP contribution in [0.1, 0.15) is 27.8 Å². The highest BCUT2D eigenvalue weighted by atomic mass is 32.1. The second kappa shape index (κ2) is 7.96. The molecule has 0 amide bonds. The molecule has 3 nitrogen and oxygen atoms in total. The molecule has 2 aromatic rings. The van der Waals surface area contributed by atoms with Crippen molar-refractivity contribution in [1.29, 1.82) is 0 Å². The van der Waals surface area contributed by atoms with Gasteiger partial charge in [-0.25, -0.2) is 0 Å². The number of carbonyl (C=O) groups excluding carboxylic acids is 1. The van der Waals surface area contributed by atoms with E-state index in [1.54, 1.807) is 11.3 Å². The summed E-state index contributed by atoms with van der Waals surface area (Å²) in [6.45, 7) is 3.84. The molecule has 2 rings (SSSR count). The van der Waals surface area contributed by atoms with Crippen molar-refractivity contribution in [2.24, 2.45) is 0 Å². The predicted molar refractivity (Wildman–Crippen MR) is 86.4 cm³/mol. The van der Waals surface area contributed by atoms with Gasteiger partial charge in [0.15, 0.2) is 0 Å². The first-order chi connectivity index (χ1) is 10.2. The molecule has 0 unspecified atom stereocenters. The minimum atomic E-state index is -0.188. The number of nitrogens with one attached hydrogen (secondary N) is 1. The molecule has 0 spiro atoms. The normalized spacial score (nSPS) is 10.6. The predicted octanol–water partition coefficient (Wildman–Crippen LogP) is 3.32. The molecule has 0 saturated heterocycles. The first-order valence-corrected chi connectivity index (χ1v) is 7.96. The molecule has 1 aromatic heterocycles. The topological polar surface area (TPSA) is 38.3 Å². The molecule has 0 saturated carbocycles. The Kier molecular flexibility index (Phi) is 5.96. The van der Waals surface area contributed by atoms with Crippen molar-refractivity contribution in [2.45, 2.75) is 32.9 Å². The molecule has 21 heavy (non-hydrogen) atoms. The van der Waals surface area contributed by atoms with Crippen LogP contribution in [0.15, 0.2) is 36.4 Å². The second-order valence-electron chi connectivity index (χ2n) is 4.89. The number of esters is 1. The fourth-order valence-corrected chi connectivity index (χ4v) is 3.02. The fraction of sp³-hybridized carbons (Fsp3) is 0.353. The van der Waals surface area contributed by atoms with Gasteiger partial charge in [0.1, 0.15) is 0 Å². The molecule has 0 atom stereocenters. The zero-order valence-electron chi connectivity index (χ0n) is 12.5. The number of hydrogen-bond acceptors (Lipinski definition) is 4. The number of methoxy groups -OCH3 is 1. The standard InChI is InChI=1S/C17H21NO2S/c1-3-13-4-6-14(7-5-13)11-18-12-16-9-8-15(21-16)10-17(19)20-2/h4-9,18H,3,10-12H2,1-2H3. The van der Waals surface area contributed by atoms with Gasteiger partial charge in [0.25, 0.3) is 0 Å². The Morgan fingerprint density at radius 1 is 1.05 bits per heavy atom. The van der Waals surface area contributed by atoms with Crippen molar-refractivity contribution in [3.63, 3.8) is 0 Å². The van der Waals surface area contributed by atoms with E-state index in [2.05, 4.69) is 47.3 Å². The summed E-state index contributed by atoms with van der Waals surface area (Å²) in [6.07, 6.45) is 1.44. The van der Waals surface area contributed by atoms with Gasteiger partial charge >= 0.3 is 5.97 Å². The summed E-state index contributed by atoms with van der Waals surface area (Å²) in [5.41, 5.74) is 2.66. The minimum Gasteiger partial charge on any atom is -0.469 e. The smallest absolute Gasteiger partial charge is 0.310 e. The van der Waals surface area contributed by atoms with Crippen LogP contribution in [0.5, 0.6) is 0 Å². The number of ether oxygens (including phenoxy) is 1. The van der Waals surface area contributed by atoms with Crippen LogP contribution in [0, 0.1) is 0 Å². The Morgan fingerprint density at radius 3 is 2.38 bits per heavy atom. The third-order valence-corrected chi connectivity index (χ3v) is 4.41. The number of rotatable bonds is 7. The monoisotopic (exact) mass is 303 g/mol. The van der Waals surface area contributed by atoms with E-state index < -0.39 is 0 Å². The summed E-state index contributed by atoms with van der Waals surface area (Å²) in [7, 11) is 1.42. The third-order valence-electron chi connectivity index (χ3n) is 3.32. The van der Waals surface area contributed by atoms with Gasteiger partial charge < -0.3 is 10.1 Å². The van der Waals surface area contributed by atoms with Gasteiger partial charge in [-0.1, -0.05) is 31.2 Å². The maximum atomic E-state index is 11.2. The number of carbonyl (C=O) groups is 1. The number of hydrogen-bond donors (Lipinski definition) is 1. The SMILES string of the molecule is CCc1ccc(CNCc2ccc(CC(=O)OC)s2)cc1. The highest BCUT2D eigenvalue weighted by Gasteiger charge is 2.06. The number of thiophene rings is 1. The van der Waals surface area contributed by atoms with Crippen LogP contribution in [0.3, 0.4) is 0 Å². The van der Waals surface area contributed by atoms with E-state index in [4.69, 9.17) is 0 Å². The summed E-state index contributed by atoms with van der Waals surface area (Å²) in [5, 5.41) is 3.43. The number of aryl methyl sites for hydroxylation is 1. The van der Waals surface area contributed by atoms with Crippen LogP contribution in [0.25, 0.3) is 0 Å². The Balaban J connectivity index is 1.79. The average Bonchev–Trinajstić information content (AvgIpc) is 2.95. The largest absolute Gasteiger partial charge is 0.469 e. The fourth-order valence-electron chi connectivity index (χ4n) is 2.05. The van der Waals surface area contributed by atoms with Gasteiger partial charge in [-0.2, -0.15) is 0 Å². The summed E-state index contributed by atoms with van der Waals surface area (Å²) in [6, 6.07) is 12.8. The maximum absolute atomic E-state index is 11.2. The van der Waals surface area contributed by atoms with Crippen LogP contribution in [0.4, 0.5) is 0 Å². The maximum Gasteiger partial charge on any atom is 0.310 e. The zero-order valence-corrected chi connectivity index (χ0v) is 13.3. The van der Waals surface area contributed by atoms with Crippen LogP contribution in [-0.2, 0) is 35.5 Å². The van der Waals surface area contributed by atoms with E-state index in [1.807, 2.05) is 6.07 Å². The lowest BCUT2D eigenvalue weighted by atomic mass is 10.1. The van der Waals surface area contributed by atoms with Gasteiger partial charge in [-0.15, -0.1) is 11.3 Å². The van der Waals surface area contributed by atoms with E-state index in [-0.39, 0.29) is 5.97 Å². The van der Waals surface area contributed by atoms with E-state index in [9.17, 15) is 4.79 Å². The summed E-state index contributed by atoms with van der Waals surface area (Å²) in [4.78, 5) is 13.5. The Bertz CT molecular complexity index is 575. The second-order valence-corrected chi connectivity index (χ2v) is 6.15. The Hall–Kier alpha value is -1.65. The van der Waals surface area contributed by atoms with Crippen molar-refractivity contribution in [3.8, 4) is 0 Å². The van der Waals surface area contributed by atoms with E-state index in [1.165, 1.54) is 23.1 Å². The molecule has 4 heteroatoms. The average molecular weight is 303 g/mol. The lowest BCUT2D eigenvalue weighted by Gasteiger charge is -2.04. The molecular formula is C17H21NO2S. The van der Waals surface area contributed by atoms with Gasteiger partial charge in [-0.05, 0) is 29.7 Å². The molecule has 0 aliphatic carbocycles. The molecule has 0 radical (unpaired) electrons. The minimum absolute atomic E-state index is 0.188. The van der Waals surface area contributed by atoms with E-state index in [0.717, 1.165) is 24.4 Å². The van der Waals surface area contributed by atoms with Crippen molar-refractivity contribution in [1.82, 2.24) is 5.32 Å². The van der Waals surface area contributed by atoms with Gasteiger partial charge in [0.05, 0.1) is 13.5 Å². The molecular weight excluding hydrogens is 282 g/mol. The van der Waals surface area contributed by atoms with Crippen molar-refractivity contribution in [3.05, 3.63) is 57.3 Å². The molecule has 1 heterocycles. The zero-order chi connectivity index (χ0) is 15.1. The molecule has 0 aliphatic rings. The lowest BCUT2D eigenvalue weighted by molar-refractivity contribution is -0.139. The van der Waals surface area contributed by atoms with Crippen LogP contribution in [-0.4, -0.2) is 13.1 Å². The van der Waals surface area contributed by atoms with Crippen LogP contribution in [0.2, 0.25) is 0 Å². The van der Waals surface area contributed by atoms with Gasteiger partial charge in [0.2, 0.25) is 0 Å². The molecule has 112 valence electrons. The first kappa shape index (κ1) is 15.7. The summed E-state index contributed by atoms with van der Waals surface area (Å²) >= 11 is 1.65. The highest BCUT2D eigenvalue weighted by Crippen LogP contribution is 2.17. The quantitative estimate of drug-likeness (QED) is 0.798. The van der Waals surface area contributed by atoms with Gasteiger partial charge in [-0.3, -0.25) is 4.79 Å². The Labute approximate surface area is 130 Å². The highest BCUT2D eigenvalue weighted by molar-refractivity contribution is 7.12. The van der Waals surface area contributed by atoms with Crippen molar-refractivity contribution in [2.75, 3.05) is 7.11 Å². The van der Waals surface area contributed by atoms with Crippen molar-refractivity contribution >= 4 is 17.3 Å². The molecule has 1 N–H and O–H groups in total. The van der Waals surface area contributed by atoms with E-state index >= 15 is 0 Å². The van der Waals surface area contributed by atoms with Crippen LogP contribution < -0.4 is 5.32 Å². The molecule has 1 aromatic carbocycles. The molecule has 0 aliphatic heterocycles. The van der Waals surface area contributed by atoms with E-state index in [0.29, 0.717) is 6.42 Å². The summed E-state index contributed by atoms with van der Waals surface area (Å²) < 4.78 is 4.67. The summed E-state index contributed by atoms with van der Waals surface area (Å²) in [5.74, 6) is -0.188. The van der Waals surface area contributed by atoms with Crippen LogP contribution >= 0.6 is 11.3 Å². The van der Waals surface area contributed by atoms with Crippen molar-refractivity contribution < 1.29 is 9.53 Å². The van der Waals surface area contributed by atoms with Gasteiger partial charge in [0, 0.05) is 22.8 Å². The first-order valence-electron chi connectivity index (χ1n) is 7.14. The lowest BCUT2D eigenvalue weighted by Crippen LogP contribution is -2.11.